The van der Waals surface area contributed by atoms with E-state index in [4.69, 9.17) is 9.94 Å². The molecule has 1 aromatic rings. The first-order valence-electron chi connectivity index (χ1n) is 6.17. The summed E-state index contributed by atoms with van der Waals surface area (Å²) in [5, 5.41) is 8.90. The number of hydrogen-bond donors (Lipinski definition) is 2. The van der Waals surface area contributed by atoms with Crippen LogP contribution in [0, 0.1) is 5.92 Å². The van der Waals surface area contributed by atoms with Gasteiger partial charge in [0.05, 0.1) is 12.5 Å². The van der Waals surface area contributed by atoms with Gasteiger partial charge in [0.25, 0.3) is 0 Å². The first-order valence-corrected chi connectivity index (χ1v) is 6.17. The molecule has 0 radical (unpaired) electrons. The maximum Gasteiger partial charge on any atom is 0.310 e. The van der Waals surface area contributed by atoms with E-state index < -0.39 is 11.9 Å². The largest absolute Gasteiger partial charge is 0.481 e. The standard InChI is InChI=1S/C14H21NO3/c1-10(2)9-18-15-8-12-4-6-13(7-5-12)11(3)14(16)17/h4-7,10-11,15H,8-9H2,1-3H3,(H,16,17). The second kappa shape index (κ2) is 7.13. The van der Waals surface area contributed by atoms with Gasteiger partial charge in [-0.1, -0.05) is 38.1 Å². The summed E-state index contributed by atoms with van der Waals surface area (Å²) in [7, 11) is 0. The summed E-state index contributed by atoms with van der Waals surface area (Å²) < 4.78 is 0. The molecule has 0 heterocycles. The second-order valence-electron chi connectivity index (χ2n) is 4.83. The van der Waals surface area contributed by atoms with Crippen LogP contribution in [0.1, 0.15) is 37.8 Å². The topological polar surface area (TPSA) is 58.6 Å². The van der Waals surface area contributed by atoms with Crippen molar-refractivity contribution in [2.45, 2.75) is 33.2 Å². The number of nitrogens with one attached hydrogen (secondary N) is 1. The van der Waals surface area contributed by atoms with Crippen molar-refractivity contribution in [3.8, 4) is 0 Å². The molecule has 0 aliphatic heterocycles. The zero-order valence-electron chi connectivity index (χ0n) is 11.1. The molecular formula is C14H21NO3. The molecule has 100 valence electrons. The first-order chi connectivity index (χ1) is 8.50. The van der Waals surface area contributed by atoms with Gasteiger partial charge >= 0.3 is 5.97 Å². The normalized spacial score (nSPS) is 12.7. The van der Waals surface area contributed by atoms with E-state index in [0.29, 0.717) is 19.1 Å². The molecule has 0 amide bonds. The fourth-order valence-corrected chi connectivity index (χ4v) is 1.43. The molecule has 0 saturated heterocycles. The van der Waals surface area contributed by atoms with Gasteiger partial charge < -0.3 is 9.94 Å². The van der Waals surface area contributed by atoms with Crippen LogP contribution in [-0.2, 0) is 16.2 Å². The molecule has 0 aliphatic carbocycles. The zero-order valence-corrected chi connectivity index (χ0v) is 11.1. The number of carboxylic acids is 1. The van der Waals surface area contributed by atoms with E-state index in [9.17, 15) is 4.79 Å². The van der Waals surface area contributed by atoms with Gasteiger partial charge in [-0.25, -0.2) is 0 Å². The summed E-state index contributed by atoms with van der Waals surface area (Å²) in [4.78, 5) is 16.1. The van der Waals surface area contributed by atoms with Crippen molar-refractivity contribution in [1.29, 1.82) is 0 Å². The minimum Gasteiger partial charge on any atom is -0.481 e. The Morgan fingerprint density at radius 1 is 1.28 bits per heavy atom. The molecule has 0 bridgehead atoms. The SMILES string of the molecule is CC(C)CONCc1ccc(C(C)C(=O)O)cc1. The van der Waals surface area contributed by atoms with Gasteiger partial charge in [0.1, 0.15) is 0 Å². The number of aliphatic carboxylic acids is 1. The van der Waals surface area contributed by atoms with Crippen LogP contribution in [0.4, 0.5) is 0 Å². The molecule has 4 heteroatoms. The summed E-state index contributed by atoms with van der Waals surface area (Å²) in [6, 6.07) is 7.53. The molecule has 1 aromatic carbocycles. The highest BCUT2D eigenvalue weighted by Gasteiger charge is 2.12. The highest BCUT2D eigenvalue weighted by molar-refractivity contribution is 5.75. The number of rotatable bonds is 7. The molecule has 0 fully saturated rings. The molecule has 0 aromatic heterocycles. The van der Waals surface area contributed by atoms with E-state index in [0.717, 1.165) is 11.1 Å². The third-order valence-corrected chi connectivity index (χ3v) is 2.65. The van der Waals surface area contributed by atoms with Gasteiger partial charge in [-0.3, -0.25) is 4.79 Å². The highest BCUT2D eigenvalue weighted by Crippen LogP contribution is 2.15. The average Bonchev–Trinajstić information content (AvgIpc) is 2.34. The van der Waals surface area contributed by atoms with Crippen LogP contribution in [0.25, 0.3) is 0 Å². The van der Waals surface area contributed by atoms with Crippen molar-refractivity contribution in [1.82, 2.24) is 5.48 Å². The molecule has 0 saturated carbocycles. The Bertz CT molecular complexity index is 373. The zero-order chi connectivity index (χ0) is 13.5. The molecule has 18 heavy (non-hydrogen) atoms. The lowest BCUT2D eigenvalue weighted by molar-refractivity contribution is -0.138. The predicted octanol–water partition coefficient (Wildman–Crippen LogP) is 2.55. The lowest BCUT2D eigenvalue weighted by Crippen LogP contribution is -2.17. The Labute approximate surface area is 108 Å². The maximum atomic E-state index is 10.8. The fraction of sp³-hybridized carbons (Fsp3) is 0.500. The number of benzene rings is 1. The van der Waals surface area contributed by atoms with Crippen molar-refractivity contribution >= 4 is 5.97 Å². The minimum absolute atomic E-state index is 0.468. The number of hydrogen-bond acceptors (Lipinski definition) is 3. The van der Waals surface area contributed by atoms with E-state index in [1.54, 1.807) is 6.92 Å². The van der Waals surface area contributed by atoms with Crippen LogP contribution >= 0.6 is 0 Å². The Morgan fingerprint density at radius 2 is 1.89 bits per heavy atom. The van der Waals surface area contributed by atoms with Crippen molar-refractivity contribution in [2.75, 3.05) is 6.61 Å². The molecule has 2 N–H and O–H groups in total. The lowest BCUT2D eigenvalue weighted by atomic mass is 10.0. The van der Waals surface area contributed by atoms with Gasteiger partial charge in [0, 0.05) is 6.54 Å². The van der Waals surface area contributed by atoms with Gasteiger partial charge in [0.15, 0.2) is 0 Å². The summed E-state index contributed by atoms with van der Waals surface area (Å²) in [5.41, 5.74) is 4.77. The minimum atomic E-state index is -0.804. The average molecular weight is 251 g/mol. The van der Waals surface area contributed by atoms with Gasteiger partial charge in [0.2, 0.25) is 0 Å². The predicted molar refractivity (Wildman–Crippen MR) is 70.1 cm³/mol. The first kappa shape index (κ1) is 14.7. The van der Waals surface area contributed by atoms with Crippen LogP contribution in [0.5, 0.6) is 0 Å². The van der Waals surface area contributed by atoms with E-state index >= 15 is 0 Å². The van der Waals surface area contributed by atoms with Crippen molar-refractivity contribution in [2.24, 2.45) is 5.92 Å². The molecule has 1 unspecified atom stereocenters. The van der Waals surface area contributed by atoms with Crippen molar-refractivity contribution in [3.63, 3.8) is 0 Å². The van der Waals surface area contributed by atoms with Crippen molar-refractivity contribution in [3.05, 3.63) is 35.4 Å². The molecule has 1 rings (SSSR count). The van der Waals surface area contributed by atoms with Gasteiger partial charge in [-0.15, -0.1) is 0 Å². The fourth-order valence-electron chi connectivity index (χ4n) is 1.43. The molecule has 0 aliphatic rings. The smallest absolute Gasteiger partial charge is 0.310 e. The quantitative estimate of drug-likeness (QED) is 0.577. The van der Waals surface area contributed by atoms with E-state index in [1.807, 2.05) is 24.3 Å². The van der Waals surface area contributed by atoms with E-state index in [-0.39, 0.29) is 0 Å². The Hall–Kier alpha value is -1.39. The van der Waals surface area contributed by atoms with Crippen molar-refractivity contribution < 1.29 is 14.7 Å². The Kier molecular flexibility index (Phi) is 5.82. The highest BCUT2D eigenvalue weighted by atomic mass is 16.6. The van der Waals surface area contributed by atoms with Crippen LogP contribution in [0.3, 0.4) is 0 Å². The Balaban J connectivity index is 2.43. The second-order valence-corrected chi connectivity index (χ2v) is 4.83. The monoisotopic (exact) mass is 251 g/mol. The number of carbonyl (C=O) groups is 1. The molecular weight excluding hydrogens is 230 g/mol. The number of carboxylic acid groups (broad SMARTS) is 1. The third-order valence-electron chi connectivity index (χ3n) is 2.65. The summed E-state index contributed by atoms with van der Waals surface area (Å²) in [6.07, 6.45) is 0. The molecule has 1 atom stereocenters. The van der Waals surface area contributed by atoms with Crippen LogP contribution < -0.4 is 5.48 Å². The summed E-state index contributed by atoms with van der Waals surface area (Å²) in [5.74, 6) is -0.776. The van der Waals surface area contributed by atoms with Crippen LogP contribution in [0.2, 0.25) is 0 Å². The summed E-state index contributed by atoms with van der Waals surface area (Å²) >= 11 is 0. The lowest BCUT2D eigenvalue weighted by Gasteiger charge is -2.10. The van der Waals surface area contributed by atoms with E-state index in [2.05, 4.69) is 19.3 Å². The molecule has 0 spiro atoms. The Morgan fingerprint density at radius 3 is 2.39 bits per heavy atom. The van der Waals surface area contributed by atoms with Gasteiger partial charge in [-0.05, 0) is 24.0 Å². The summed E-state index contributed by atoms with van der Waals surface area (Å²) in [6.45, 7) is 7.15. The van der Waals surface area contributed by atoms with Crippen LogP contribution in [0.15, 0.2) is 24.3 Å². The van der Waals surface area contributed by atoms with E-state index in [1.165, 1.54) is 0 Å². The number of hydroxylamine groups is 1. The molecule has 4 nitrogen and oxygen atoms in total. The maximum absolute atomic E-state index is 10.8. The van der Waals surface area contributed by atoms with Crippen LogP contribution in [-0.4, -0.2) is 17.7 Å². The van der Waals surface area contributed by atoms with Gasteiger partial charge in [-0.2, -0.15) is 5.48 Å². The third kappa shape index (κ3) is 4.85.